The molecule has 0 spiro atoms. The molecule has 2 aliphatic heterocycles. The van der Waals surface area contributed by atoms with Gasteiger partial charge in [-0.1, -0.05) is 19.9 Å². The Hall–Kier alpha value is -4.31. The van der Waals surface area contributed by atoms with Gasteiger partial charge in [0.15, 0.2) is 11.8 Å². The second-order valence-corrected chi connectivity index (χ2v) is 19.5. The molecule has 3 saturated carbocycles. The van der Waals surface area contributed by atoms with Gasteiger partial charge in [0.05, 0.1) is 36.8 Å². The van der Waals surface area contributed by atoms with E-state index in [0.717, 1.165) is 12.8 Å². The minimum Gasteiger partial charge on any atom is -0.486 e. The Morgan fingerprint density at radius 2 is 1.63 bits per heavy atom. The van der Waals surface area contributed by atoms with E-state index in [-0.39, 0.29) is 47.3 Å². The minimum absolute atomic E-state index is 0.00133. The third kappa shape index (κ3) is 9.37. The second kappa shape index (κ2) is 15.1. The number of carbonyl (C=O) groups is 4. The van der Waals surface area contributed by atoms with E-state index in [4.69, 9.17) is 33.0 Å². The Labute approximate surface area is 335 Å². The van der Waals surface area contributed by atoms with Gasteiger partial charge in [-0.25, -0.2) is 19.4 Å². The molecule has 2 N–H and O–H groups in total. The number of alkyl carbamates (subject to hydrolysis) is 1. The average molecular weight is 795 g/mol. The monoisotopic (exact) mass is 794 g/mol. The van der Waals surface area contributed by atoms with Gasteiger partial charge >= 0.3 is 25.3 Å². The highest BCUT2D eigenvalue weighted by molar-refractivity contribution is 6.45. The number of H-pyrrole nitrogens is 1. The van der Waals surface area contributed by atoms with Crippen LogP contribution in [0.3, 0.4) is 0 Å². The Morgan fingerprint density at radius 1 is 0.965 bits per heavy atom. The predicted molar refractivity (Wildman–Crippen MR) is 209 cm³/mol. The van der Waals surface area contributed by atoms with Gasteiger partial charge in [-0.2, -0.15) is 0 Å². The summed E-state index contributed by atoms with van der Waals surface area (Å²) in [5, 5.41) is 2.62. The fourth-order valence-electron chi connectivity index (χ4n) is 8.42. The highest BCUT2D eigenvalue weighted by Crippen LogP contribution is 2.65. The molecule has 1 aromatic heterocycles. The lowest BCUT2D eigenvalue weighted by atomic mass is 9.43. The van der Waals surface area contributed by atoms with Crippen LogP contribution in [0.25, 0.3) is 0 Å². The largest absolute Gasteiger partial charge is 0.514 e. The van der Waals surface area contributed by atoms with Crippen molar-refractivity contribution < 1.29 is 52.2 Å². The first kappa shape index (κ1) is 42.3. The van der Waals surface area contributed by atoms with Gasteiger partial charge in [0.2, 0.25) is 0 Å². The normalized spacial score (nSPS) is 24.7. The number of carbonyl (C=O) groups excluding carboxylic acids is 4. The zero-order valence-electron chi connectivity index (χ0n) is 35.4. The standard InChI is InChI=1S/C41H59BN4O11/c1-37(2,3)53-34(48)30-27(51-25-20-46(21-25)33(47)31(26-19-43-22-44-26)45-35(49)54-38(4,5)6)14-13-23(32(30)52-36(50)55-39(7,8)9)15-16-42-56-29-18-24-17-28(40(24,10)11)41(29,12)57-42/h13-14,19,22,24-25,28-29,31H,15-18,20-21H2,1-12H3,(H,43,44)(H,45,49)/t24-,28-,29+,31?,41-/m0/s1. The summed E-state index contributed by atoms with van der Waals surface area (Å²) in [6.45, 7) is 22.6. The molecule has 57 heavy (non-hydrogen) atoms. The number of nitrogens with one attached hydrogen (secondary N) is 2. The van der Waals surface area contributed by atoms with Crippen molar-refractivity contribution in [2.24, 2.45) is 17.3 Å². The Kier molecular flexibility index (Phi) is 11.2. The Morgan fingerprint density at radius 3 is 2.23 bits per heavy atom. The fourth-order valence-corrected chi connectivity index (χ4v) is 8.42. The van der Waals surface area contributed by atoms with Crippen LogP contribution in [0.5, 0.6) is 11.5 Å². The number of likely N-dealkylation sites (tertiary alicyclic amines) is 1. The molecule has 7 rings (SSSR count). The molecule has 1 aromatic carbocycles. The first-order valence-corrected chi connectivity index (χ1v) is 19.9. The number of ether oxygens (including phenoxy) is 5. The minimum atomic E-state index is -1.12. The van der Waals surface area contributed by atoms with Gasteiger partial charge in [0, 0.05) is 6.20 Å². The highest BCUT2D eigenvalue weighted by Gasteiger charge is 2.67. The topological polar surface area (TPSA) is 177 Å². The maximum Gasteiger partial charge on any atom is 0.514 e. The third-order valence-electron chi connectivity index (χ3n) is 11.2. The van der Waals surface area contributed by atoms with Crippen molar-refractivity contribution in [2.45, 2.75) is 149 Å². The van der Waals surface area contributed by atoms with Crippen molar-refractivity contribution in [2.75, 3.05) is 13.1 Å². The van der Waals surface area contributed by atoms with Crippen LogP contribution in [0.2, 0.25) is 6.32 Å². The number of imidazole rings is 1. The Balaban J connectivity index is 1.23. The number of aromatic amines is 1. The van der Waals surface area contributed by atoms with Crippen LogP contribution in [-0.4, -0.2) is 93.8 Å². The van der Waals surface area contributed by atoms with E-state index in [0.29, 0.717) is 35.8 Å². The zero-order valence-corrected chi connectivity index (χ0v) is 35.4. The van der Waals surface area contributed by atoms with Gasteiger partial charge in [0.1, 0.15) is 34.2 Å². The summed E-state index contributed by atoms with van der Waals surface area (Å²) in [6, 6.07) is 2.27. The SMILES string of the molecule is CC(C)(C)OC(=O)NC(C(=O)N1CC(Oc2ccc(CCB3O[C@@H]4C[C@@H]5C[C@@H](C5(C)C)[C@]4(C)O3)c(OC(=O)OC(C)(C)C)c2C(=O)OC(C)(C)C)C1)c1c[nH]cn1. The molecule has 16 heteroatoms. The van der Waals surface area contributed by atoms with Gasteiger partial charge in [-0.15, -0.1) is 0 Å². The lowest BCUT2D eigenvalue weighted by Gasteiger charge is -2.64. The number of amides is 2. The second-order valence-electron chi connectivity index (χ2n) is 19.5. The molecule has 15 nitrogen and oxygen atoms in total. The number of aryl methyl sites for hydroxylation is 1. The van der Waals surface area contributed by atoms with Crippen molar-refractivity contribution in [3.8, 4) is 11.5 Å². The maximum atomic E-state index is 14.1. The lowest BCUT2D eigenvalue weighted by Crippen LogP contribution is -2.65. The van der Waals surface area contributed by atoms with Crippen molar-refractivity contribution in [3.05, 3.63) is 41.5 Å². The number of benzene rings is 1. The van der Waals surface area contributed by atoms with E-state index in [9.17, 15) is 19.2 Å². The lowest BCUT2D eigenvalue weighted by molar-refractivity contribution is -0.199. The molecule has 2 amide bonds. The fraction of sp³-hybridized carbons (Fsp3) is 0.683. The molecule has 3 heterocycles. The molecular formula is C41H59BN4O11. The maximum absolute atomic E-state index is 14.1. The van der Waals surface area contributed by atoms with Crippen molar-refractivity contribution in [1.82, 2.24) is 20.2 Å². The first-order valence-electron chi connectivity index (χ1n) is 19.9. The Bertz CT molecular complexity index is 1840. The predicted octanol–water partition coefficient (Wildman–Crippen LogP) is 6.81. The van der Waals surface area contributed by atoms with Crippen LogP contribution in [0, 0.1) is 17.3 Å². The summed E-state index contributed by atoms with van der Waals surface area (Å²) in [5.74, 6) is -0.126. The smallest absolute Gasteiger partial charge is 0.486 e. The quantitative estimate of drug-likeness (QED) is 0.111. The van der Waals surface area contributed by atoms with E-state index < -0.39 is 60.2 Å². The molecule has 2 bridgehead atoms. The van der Waals surface area contributed by atoms with Gasteiger partial charge in [0.25, 0.3) is 5.91 Å². The van der Waals surface area contributed by atoms with Crippen LogP contribution in [0.1, 0.15) is 124 Å². The summed E-state index contributed by atoms with van der Waals surface area (Å²) < 4.78 is 42.2. The molecule has 312 valence electrons. The summed E-state index contributed by atoms with van der Waals surface area (Å²) in [6.07, 6.45) is 3.47. The van der Waals surface area contributed by atoms with Crippen LogP contribution < -0.4 is 14.8 Å². The first-order chi connectivity index (χ1) is 26.3. The molecule has 0 radical (unpaired) electrons. The van der Waals surface area contributed by atoms with E-state index in [1.807, 2.05) is 0 Å². The third-order valence-corrected chi connectivity index (χ3v) is 11.2. The molecule has 2 saturated heterocycles. The highest BCUT2D eigenvalue weighted by atomic mass is 16.7. The molecule has 5 aliphatic rings. The van der Waals surface area contributed by atoms with E-state index in [1.165, 1.54) is 17.4 Å². The van der Waals surface area contributed by atoms with E-state index in [2.05, 4.69) is 36.1 Å². The summed E-state index contributed by atoms with van der Waals surface area (Å²) in [7, 11) is -0.487. The molecule has 2 aromatic rings. The summed E-state index contributed by atoms with van der Waals surface area (Å²) >= 11 is 0. The molecular weight excluding hydrogens is 735 g/mol. The summed E-state index contributed by atoms with van der Waals surface area (Å²) in [4.78, 5) is 62.2. The molecule has 5 fully saturated rings. The van der Waals surface area contributed by atoms with Crippen molar-refractivity contribution in [3.63, 3.8) is 0 Å². The average Bonchev–Trinajstić information content (AvgIpc) is 3.69. The van der Waals surface area contributed by atoms with Gasteiger partial charge in [-0.3, -0.25) is 4.79 Å². The van der Waals surface area contributed by atoms with Gasteiger partial charge < -0.3 is 48.2 Å². The molecule has 5 atom stereocenters. The van der Waals surface area contributed by atoms with E-state index in [1.54, 1.807) is 74.4 Å². The summed E-state index contributed by atoms with van der Waals surface area (Å²) in [5.41, 5.74) is -2.00. The molecule has 1 unspecified atom stereocenters. The van der Waals surface area contributed by atoms with Crippen LogP contribution in [-0.2, 0) is 34.7 Å². The van der Waals surface area contributed by atoms with Crippen LogP contribution >= 0.6 is 0 Å². The van der Waals surface area contributed by atoms with Crippen LogP contribution in [0.4, 0.5) is 9.59 Å². The number of esters is 1. The molecule has 3 aliphatic carbocycles. The number of rotatable bonds is 10. The number of hydrogen-bond acceptors (Lipinski definition) is 12. The van der Waals surface area contributed by atoms with Crippen molar-refractivity contribution in [1.29, 1.82) is 0 Å². The number of hydrogen-bond donors (Lipinski definition) is 2. The van der Waals surface area contributed by atoms with Crippen LogP contribution in [0.15, 0.2) is 24.7 Å². The number of aromatic nitrogens is 2. The van der Waals surface area contributed by atoms with Gasteiger partial charge in [-0.05, 0) is 124 Å². The zero-order chi connectivity index (χ0) is 41.9. The van der Waals surface area contributed by atoms with E-state index >= 15 is 0 Å². The van der Waals surface area contributed by atoms with Crippen molar-refractivity contribution >= 4 is 31.2 Å². The number of nitrogens with zero attached hydrogens (tertiary/aromatic N) is 2.